The molecule has 0 bridgehead atoms. The van der Waals surface area contributed by atoms with Gasteiger partial charge in [0.1, 0.15) is 17.7 Å². The van der Waals surface area contributed by atoms with E-state index in [9.17, 15) is 19.2 Å². The number of alkyl carbamates (subject to hydrolysis) is 1. The van der Waals surface area contributed by atoms with Crippen LogP contribution in [-0.4, -0.2) is 52.4 Å². The number of carbonyl (C=O) groups excluding carboxylic acids is 4. The lowest BCUT2D eigenvalue weighted by atomic mass is 9.94. The first kappa shape index (κ1) is 30.1. The summed E-state index contributed by atoms with van der Waals surface area (Å²) < 4.78 is 5.32. The van der Waals surface area contributed by atoms with E-state index in [1.807, 2.05) is 45.0 Å². The van der Waals surface area contributed by atoms with Gasteiger partial charge in [0.15, 0.2) is 0 Å². The van der Waals surface area contributed by atoms with Gasteiger partial charge in [0, 0.05) is 12.1 Å². The number of ether oxygens (including phenoxy) is 1. The molecule has 1 aromatic rings. The molecule has 9 nitrogen and oxygen atoms in total. The molecule has 9 heteroatoms. The number of hydrogen-bond acceptors (Lipinski definition) is 5. The van der Waals surface area contributed by atoms with E-state index in [1.54, 1.807) is 20.8 Å². The summed E-state index contributed by atoms with van der Waals surface area (Å²) in [5, 5.41) is 5.68. The molecule has 1 aromatic carbocycles. The molecule has 0 spiro atoms. The number of aryl methyl sites for hydroxylation is 1. The van der Waals surface area contributed by atoms with Crippen LogP contribution < -0.4 is 16.4 Å². The second-order valence-electron chi connectivity index (χ2n) is 11.0. The molecule has 1 saturated carbocycles. The SMILES string of the molecule is CCC(C)N(C(=O)C(CC(N)=O)NC(=O)OC(C)(C)C)C(C(=O)NC1CCCCC1)c1cccc(C)c1. The molecule has 0 saturated heterocycles. The highest BCUT2D eigenvalue weighted by atomic mass is 16.6. The lowest BCUT2D eigenvalue weighted by molar-refractivity contribution is -0.146. The highest BCUT2D eigenvalue weighted by Gasteiger charge is 2.39. The molecule has 0 radical (unpaired) electrons. The molecule has 4 amide bonds. The minimum atomic E-state index is -1.28. The topological polar surface area (TPSA) is 131 Å². The number of amides is 4. The fourth-order valence-electron chi connectivity index (χ4n) is 4.63. The maximum absolute atomic E-state index is 14.0. The van der Waals surface area contributed by atoms with Crippen LogP contribution in [0.15, 0.2) is 24.3 Å². The lowest BCUT2D eigenvalue weighted by Crippen LogP contribution is -2.57. The van der Waals surface area contributed by atoms with Crippen LogP contribution in [0.5, 0.6) is 0 Å². The number of primary amides is 1. The molecule has 0 aliphatic heterocycles. The summed E-state index contributed by atoms with van der Waals surface area (Å²) in [6, 6.07) is 4.94. The van der Waals surface area contributed by atoms with Gasteiger partial charge in [-0.3, -0.25) is 14.4 Å². The number of nitrogens with one attached hydrogen (secondary N) is 2. The van der Waals surface area contributed by atoms with Gasteiger partial charge in [-0.2, -0.15) is 0 Å². The first-order chi connectivity index (χ1) is 17.3. The smallest absolute Gasteiger partial charge is 0.408 e. The van der Waals surface area contributed by atoms with Gasteiger partial charge in [0.25, 0.3) is 0 Å². The minimum Gasteiger partial charge on any atom is -0.444 e. The molecule has 1 aliphatic carbocycles. The van der Waals surface area contributed by atoms with Crippen LogP contribution in [0, 0.1) is 6.92 Å². The fourth-order valence-corrected chi connectivity index (χ4v) is 4.63. The molecule has 4 N–H and O–H groups in total. The Balaban J connectivity index is 2.49. The van der Waals surface area contributed by atoms with E-state index in [2.05, 4.69) is 10.6 Å². The van der Waals surface area contributed by atoms with Crippen molar-refractivity contribution in [1.82, 2.24) is 15.5 Å². The third-order valence-corrected chi connectivity index (χ3v) is 6.55. The molecule has 3 unspecified atom stereocenters. The Bertz CT molecular complexity index is 952. The van der Waals surface area contributed by atoms with E-state index < -0.39 is 42.0 Å². The maximum Gasteiger partial charge on any atom is 0.408 e. The Morgan fingerprint density at radius 1 is 1.14 bits per heavy atom. The van der Waals surface area contributed by atoms with Crippen LogP contribution >= 0.6 is 0 Å². The van der Waals surface area contributed by atoms with Gasteiger partial charge in [-0.15, -0.1) is 0 Å². The van der Waals surface area contributed by atoms with Crippen molar-refractivity contribution in [2.24, 2.45) is 5.73 Å². The zero-order valence-corrected chi connectivity index (χ0v) is 23.1. The van der Waals surface area contributed by atoms with Crippen molar-refractivity contribution < 1.29 is 23.9 Å². The maximum atomic E-state index is 14.0. The molecule has 0 heterocycles. The summed E-state index contributed by atoms with van der Waals surface area (Å²) in [7, 11) is 0. The zero-order chi connectivity index (χ0) is 27.8. The second kappa shape index (κ2) is 13.4. The van der Waals surface area contributed by atoms with Crippen LogP contribution in [-0.2, 0) is 19.1 Å². The van der Waals surface area contributed by atoms with Crippen molar-refractivity contribution >= 4 is 23.8 Å². The summed E-state index contributed by atoms with van der Waals surface area (Å²) in [6.45, 7) is 10.8. The van der Waals surface area contributed by atoms with Crippen LogP contribution in [0.25, 0.3) is 0 Å². The highest BCUT2D eigenvalue weighted by Crippen LogP contribution is 2.28. The van der Waals surface area contributed by atoms with E-state index in [0.717, 1.165) is 37.7 Å². The summed E-state index contributed by atoms with van der Waals surface area (Å²) in [4.78, 5) is 53.8. The summed E-state index contributed by atoms with van der Waals surface area (Å²) in [5.41, 5.74) is 6.26. The Morgan fingerprint density at radius 2 is 1.78 bits per heavy atom. The minimum absolute atomic E-state index is 0.0451. The molecule has 206 valence electrons. The molecular formula is C28H44N4O5. The van der Waals surface area contributed by atoms with E-state index in [1.165, 1.54) is 4.90 Å². The van der Waals surface area contributed by atoms with Crippen molar-refractivity contribution in [1.29, 1.82) is 0 Å². The summed E-state index contributed by atoms with van der Waals surface area (Å²) in [5.74, 6) is -1.59. The van der Waals surface area contributed by atoms with Gasteiger partial charge >= 0.3 is 6.09 Å². The van der Waals surface area contributed by atoms with Crippen molar-refractivity contribution in [2.45, 2.75) is 116 Å². The predicted molar refractivity (Wildman–Crippen MR) is 143 cm³/mol. The largest absolute Gasteiger partial charge is 0.444 e. The Kier molecular flexibility index (Phi) is 10.9. The van der Waals surface area contributed by atoms with E-state index in [4.69, 9.17) is 10.5 Å². The van der Waals surface area contributed by atoms with E-state index >= 15 is 0 Å². The van der Waals surface area contributed by atoms with Crippen LogP contribution in [0.4, 0.5) is 4.79 Å². The van der Waals surface area contributed by atoms with Gasteiger partial charge in [-0.25, -0.2) is 4.79 Å². The molecule has 2 rings (SSSR count). The molecule has 1 aliphatic rings. The second-order valence-corrected chi connectivity index (χ2v) is 11.0. The zero-order valence-electron chi connectivity index (χ0n) is 23.1. The third-order valence-electron chi connectivity index (χ3n) is 6.55. The molecule has 0 aromatic heterocycles. The molecule has 1 fully saturated rings. The van der Waals surface area contributed by atoms with Crippen LogP contribution in [0.2, 0.25) is 0 Å². The number of rotatable bonds is 10. The van der Waals surface area contributed by atoms with Crippen molar-refractivity contribution in [3.8, 4) is 0 Å². The Morgan fingerprint density at radius 3 is 2.32 bits per heavy atom. The monoisotopic (exact) mass is 516 g/mol. The van der Waals surface area contributed by atoms with E-state index in [-0.39, 0.29) is 18.0 Å². The number of carbonyl (C=O) groups is 4. The van der Waals surface area contributed by atoms with Crippen molar-refractivity contribution in [3.05, 3.63) is 35.4 Å². The average molecular weight is 517 g/mol. The average Bonchev–Trinajstić information content (AvgIpc) is 2.80. The van der Waals surface area contributed by atoms with Gasteiger partial charge in [-0.1, -0.05) is 56.0 Å². The quantitative estimate of drug-likeness (QED) is 0.434. The van der Waals surface area contributed by atoms with Crippen LogP contribution in [0.1, 0.15) is 96.7 Å². The summed E-state index contributed by atoms with van der Waals surface area (Å²) >= 11 is 0. The standard InChI is InChI=1S/C28H44N4O5/c1-7-19(3)32(26(35)22(17-23(29)33)31-27(36)37-28(4,5)6)24(20-13-11-12-18(2)16-20)25(34)30-21-14-9-8-10-15-21/h11-13,16,19,21-22,24H,7-10,14-15,17H2,1-6H3,(H2,29,33)(H,30,34)(H,31,36). The Labute approximate surface area is 220 Å². The van der Waals surface area contributed by atoms with Gasteiger partial charge in [-0.05, 0) is 59.4 Å². The fraction of sp³-hybridized carbons (Fsp3) is 0.643. The number of benzene rings is 1. The summed E-state index contributed by atoms with van der Waals surface area (Å²) in [6.07, 6.45) is 4.34. The first-order valence-corrected chi connectivity index (χ1v) is 13.3. The van der Waals surface area contributed by atoms with E-state index in [0.29, 0.717) is 12.0 Å². The van der Waals surface area contributed by atoms with Crippen LogP contribution in [0.3, 0.4) is 0 Å². The first-order valence-electron chi connectivity index (χ1n) is 13.3. The van der Waals surface area contributed by atoms with Gasteiger partial charge in [0.2, 0.25) is 17.7 Å². The molecular weight excluding hydrogens is 472 g/mol. The molecule has 3 atom stereocenters. The lowest BCUT2D eigenvalue weighted by Gasteiger charge is -2.39. The normalized spacial score (nSPS) is 16.7. The number of nitrogens with two attached hydrogens (primary N) is 1. The molecule has 37 heavy (non-hydrogen) atoms. The Hall–Kier alpha value is -3.10. The van der Waals surface area contributed by atoms with Crippen molar-refractivity contribution in [3.63, 3.8) is 0 Å². The third kappa shape index (κ3) is 9.37. The number of nitrogens with zero attached hydrogens (tertiary/aromatic N) is 1. The van der Waals surface area contributed by atoms with Gasteiger partial charge < -0.3 is 26.0 Å². The predicted octanol–water partition coefficient (Wildman–Crippen LogP) is 3.88. The number of hydrogen-bond donors (Lipinski definition) is 3. The highest BCUT2D eigenvalue weighted by molar-refractivity contribution is 5.94. The van der Waals surface area contributed by atoms with Gasteiger partial charge in [0.05, 0.1) is 6.42 Å². The van der Waals surface area contributed by atoms with Crippen molar-refractivity contribution in [2.75, 3.05) is 0 Å².